The molecule has 0 aromatic carbocycles. The van der Waals surface area contributed by atoms with Crippen LogP contribution >= 0.6 is 0 Å². The van der Waals surface area contributed by atoms with Crippen LogP contribution in [0.2, 0.25) is 0 Å². The molecule has 0 aromatic heterocycles. The van der Waals surface area contributed by atoms with Gasteiger partial charge in [0, 0.05) is 22.0 Å². The summed E-state index contributed by atoms with van der Waals surface area (Å²) in [6.07, 6.45) is 4.53. The Kier molecular flexibility index (Phi) is 6.53. The first-order chi connectivity index (χ1) is 5.21. The van der Waals surface area contributed by atoms with Gasteiger partial charge < -0.3 is 9.98 Å². The fourth-order valence-corrected chi connectivity index (χ4v) is 0.401. The van der Waals surface area contributed by atoms with Gasteiger partial charge in [-0.25, -0.2) is 0 Å². The zero-order chi connectivity index (χ0) is 9.83. The monoisotopic (exact) mass is 225 g/mol. The summed E-state index contributed by atoms with van der Waals surface area (Å²) in [6, 6.07) is 0. The second-order valence-electron chi connectivity index (χ2n) is 5.01. The third kappa shape index (κ3) is 14.7. The van der Waals surface area contributed by atoms with Crippen molar-refractivity contribution < 1.29 is 16.5 Å². The number of aliphatic imine (C=N–C) groups is 2. The van der Waals surface area contributed by atoms with E-state index < -0.39 is 0 Å². The Hall–Kier alpha value is -0.166. The van der Waals surface area contributed by atoms with Crippen LogP contribution in [0.3, 0.4) is 0 Å². The zero-order valence-corrected chi connectivity index (χ0v) is 10.3. The van der Waals surface area contributed by atoms with Crippen LogP contribution in [0.5, 0.6) is 0 Å². The number of hydrogen-bond acceptors (Lipinski definition) is 1. The van der Waals surface area contributed by atoms with Crippen molar-refractivity contribution in [2.45, 2.75) is 47.1 Å². The minimum Gasteiger partial charge on any atom is -0.443 e. The van der Waals surface area contributed by atoms with E-state index in [1.165, 1.54) is 0 Å². The summed E-state index contributed by atoms with van der Waals surface area (Å²) >= 11 is 0. The van der Waals surface area contributed by atoms with Crippen molar-refractivity contribution in [3.8, 4) is 0 Å². The predicted molar refractivity (Wildman–Crippen MR) is 55.1 cm³/mol. The summed E-state index contributed by atoms with van der Waals surface area (Å²) in [6.45, 7) is 12.3. The van der Waals surface area contributed by atoms with E-state index in [-0.39, 0.29) is 27.4 Å². The van der Waals surface area contributed by atoms with E-state index in [1.54, 1.807) is 0 Å². The van der Waals surface area contributed by atoms with Crippen molar-refractivity contribution in [3.05, 3.63) is 0 Å². The van der Waals surface area contributed by atoms with Crippen molar-refractivity contribution in [1.82, 2.24) is 0 Å². The molecular formula is C10H19N2Ni-. The van der Waals surface area contributed by atoms with Crippen molar-refractivity contribution in [2.24, 2.45) is 15.4 Å². The first kappa shape index (κ1) is 15.3. The van der Waals surface area contributed by atoms with E-state index in [0.717, 1.165) is 0 Å². The van der Waals surface area contributed by atoms with Gasteiger partial charge in [-0.05, 0) is 20.8 Å². The molecule has 0 saturated carbocycles. The molecule has 0 aliphatic carbocycles. The summed E-state index contributed by atoms with van der Waals surface area (Å²) < 4.78 is 0. The largest absolute Gasteiger partial charge is 0.443 e. The third-order valence-corrected chi connectivity index (χ3v) is 0.895. The molecule has 0 aromatic rings. The smallest absolute Gasteiger partial charge is 0.0326 e. The van der Waals surface area contributed by atoms with E-state index in [1.807, 2.05) is 27.0 Å². The number of rotatable bonds is 1. The number of nitrogens with zero attached hydrogens (tertiary/aromatic N) is 2. The Bertz CT molecular complexity index is 160. The van der Waals surface area contributed by atoms with Gasteiger partial charge in [-0.2, -0.15) is 0 Å². The van der Waals surface area contributed by atoms with Gasteiger partial charge in [0.25, 0.3) is 0 Å². The Morgan fingerprint density at radius 3 is 1.77 bits per heavy atom. The maximum atomic E-state index is 4.11. The quantitative estimate of drug-likeness (QED) is 0.284. The third-order valence-electron chi connectivity index (χ3n) is 0.895. The molecule has 0 atom stereocenters. The Labute approximate surface area is 91.9 Å². The van der Waals surface area contributed by atoms with Crippen LogP contribution in [0.4, 0.5) is 0 Å². The van der Waals surface area contributed by atoms with Gasteiger partial charge in [0.15, 0.2) is 0 Å². The maximum Gasteiger partial charge on any atom is 0.0326 e. The molecular weight excluding hydrogens is 207 g/mol. The van der Waals surface area contributed by atoms with Crippen molar-refractivity contribution in [1.29, 1.82) is 0 Å². The molecule has 80 valence electrons. The summed E-state index contributed by atoms with van der Waals surface area (Å²) in [7, 11) is 0. The predicted octanol–water partition coefficient (Wildman–Crippen LogP) is 2.80. The molecule has 0 unspecified atom stereocenters. The van der Waals surface area contributed by atoms with Crippen molar-refractivity contribution in [3.63, 3.8) is 0 Å². The van der Waals surface area contributed by atoms with Crippen LogP contribution < -0.4 is 0 Å². The molecule has 0 radical (unpaired) electrons. The minimum atomic E-state index is -0.0742. The molecule has 0 spiro atoms. The van der Waals surface area contributed by atoms with E-state index >= 15 is 0 Å². The second kappa shape index (κ2) is 5.54. The molecule has 3 heteroatoms. The fourth-order valence-electron chi connectivity index (χ4n) is 0.401. The zero-order valence-electron chi connectivity index (χ0n) is 9.29. The minimum absolute atomic E-state index is 0. The normalized spacial score (nSPS) is 13.7. The molecule has 0 heterocycles. The van der Waals surface area contributed by atoms with Gasteiger partial charge in [0.2, 0.25) is 0 Å². The molecule has 0 rings (SSSR count). The molecule has 0 fully saturated rings. The average Bonchev–Trinajstić information content (AvgIpc) is 1.76. The molecule has 0 amide bonds. The molecule has 0 saturated heterocycles. The second-order valence-corrected chi connectivity index (χ2v) is 5.01. The number of hydrogen-bond donors (Lipinski definition) is 0. The van der Waals surface area contributed by atoms with Crippen LogP contribution in [0.1, 0.15) is 41.5 Å². The Balaban J connectivity index is 0. The molecule has 0 aliphatic heterocycles. The summed E-state index contributed by atoms with van der Waals surface area (Å²) in [5.74, 6) is 0. The van der Waals surface area contributed by atoms with Gasteiger partial charge in [0.1, 0.15) is 0 Å². The van der Waals surface area contributed by atoms with Gasteiger partial charge in [-0.15, -0.1) is 6.21 Å². The van der Waals surface area contributed by atoms with E-state index in [2.05, 4.69) is 37.1 Å². The van der Waals surface area contributed by atoms with Gasteiger partial charge in [-0.3, -0.25) is 0 Å². The summed E-state index contributed by atoms with van der Waals surface area (Å²) in [4.78, 5) is 8.10. The Morgan fingerprint density at radius 1 is 1.00 bits per heavy atom. The van der Waals surface area contributed by atoms with Crippen LogP contribution in [0, 0.1) is 5.41 Å². The first-order valence-corrected chi connectivity index (χ1v) is 4.22. The average molecular weight is 226 g/mol. The van der Waals surface area contributed by atoms with Crippen molar-refractivity contribution >= 4 is 12.6 Å². The standard InChI is InChI=1S/C10H19N2.Ni/c1-9(2,3)7-11-8-12-10(4,5)6;/h7H,1-6H3;/q-1;. The maximum absolute atomic E-state index is 4.11. The summed E-state index contributed by atoms with van der Waals surface area (Å²) in [5.41, 5.74) is 0.0373. The van der Waals surface area contributed by atoms with E-state index in [9.17, 15) is 0 Å². The van der Waals surface area contributed by atoms with Gasteiger partial charge >= 0.3 is 0 Å². The van der Waals surface area contributed by atoms with Crippen LogP contribution in [0.15, 0.2) is 9.98 Å². The van der Waals surface area contributed by atoms with Crippen LogP contribution in [-0.2, 0) is 16.5 Å². The van der Waals surface area contributed by atoms with Crippen LogP contribution in [-0.4, -0.2) is 18.1 Å². The topological polar surface area (TPSA) is 24.7 Å². The van der Waals surface area contributed by atoms with Gasteiger partial charge in [-0.1, -0.05) is 32.5 Å². The molecule has 13 heavy (non-hydrogen) atoms. The fraction of sp³-hybridized carbons (Fsp3) is 0.800. The van der Waals surface area contributed by atoms with Crippen LogP contribution in [0.25, 0.3) is 0 Å². The summed E-state index contributed by atoms with van der Waals surface area (Å²) in [5, 5.41) is 0. The molecule has 0 N–H and O–H groups in total. The Morgan fingerprint density at radius 2 is 1.46 bits per heavy atom. The van der Waals surface area contributed by atoms with Crippen molar-refractivity contribution in [2.75, 3.05) is 0 Å². The SMILES string of the molecule is CC(C)(C)C=N[C-]=NC(C)(C)C.[Ni]. The van der Waals surface area contributed by atoms with E-state index in [0.29, 0.717) is 0 Å². The first-order valence-electron chi connectivity index (χ1n) is 4.22. The molecule has 2 nitrogen and oxygen atoms in total. The van der Waals surface area contributed by atoms with Gasteiger partial charge in [0.05, 0.1) is 0 Å². The molecule has 0 bridgehead atoms. The molecule has 0 aliphatic rings. The van der Waals surface area contributed by atoms with E-state index in [4.69, 9.17) is 0 Å².